The van der Waals surface area contributed by atoms with Crippen molar-refractivity contribution in [1.82, 2.24) is 30.3 Å². The zero-order chi connectivity index (χ0) is 19.7. The number of aromatic amines is 1. The van der Waals surface area contributed by atoms with E-state index in [1.54, 1.807) is 26.2 Å². The van der Waals surface area contributed by atoms with Crippen LogP contribution in [0, 0.1) is 5.82 Å². The number of nitrogens with one attached hydrogen (secondary N) is 3. The molecule has 0 fully saturated rings. The lowest BCUT2D eigenvalue weighted by atomic mass is 10.1. The molecule has 3 N–H and O–H groups in total. The van der Waals surface area contributed by atoms with Crippen LogP contribution in [-0.4, -0.2) is 37.4 Å². The molecule has 9 heteroatoms. The monoisotopic (exact) mass is 379 g/mol. The number of amides is 1. The van der Waals surface area contributed by atoms with Crippen LogP contribution in [0.25, 0.3) is 22.3 Å². The number of rotatable bonds is 5. The maximum absolute atomic E-state index is 14.5. The van der Waals surface area contributed by atoms with Crippen LogP contribution in [0.2, 0.25) is 0 Å². The Balaban J connectivity index is 1.61. The van der Waals surface area contributed by atoms with Crippen molar-refractivity contribution in [3.63, 3.8) is 0 Å². The van der Waals surface area contributed by atoms with Crippen LogP contribution in [0.1, 0.15) is 17.3 Å². The Morgan fingerprint density at radius 1 is 1.25 bits per heavy atom. The lowest BCUT2D eigenvalue weighted by molar-refractivity contribution is 0.0955. The predicted molar refractivity (Wildman–Crippen MR) is 104 cm³/mol. The SMILES string of the molecule is CCNC(=O)c1ccc(-c2nc(Nc3ccc4[nH]ncc4c3)n(C)n2)c(F)c1. The summed E-state index contributed by atoms with van der Waals surface area (Å²) in [4.78, 5) is 16.2. The first-order valence-corrected chi connectivity index (χ1v) is 8.74. The molecule has 0 aliphatic rings. The largest absolute Gasteiger partial charge is 0.352 e. The van der Waals surface area contributed by atoms with Gasteiger partial charge in [-0.1, -0.05) is 0 Å². The Kier molecular flexibility index (Phi) is 4.48. The smallest absolute Gasteiger partial charge is 0.251 e. The van der Waals surface area contributed by atoms with Gasteiger partial charge in [0.1, 0.15) is 5.82 Å². The topological polar surface area (TPSA) is 101 Å². The van der Waals surface area contributed by atoms with Crippen molar-refractivity contribution in [1.29, 1.82) is 0 Å². The number of benzene rings is 2. The predicted octanol–water partition coefficient (Wildman–Crippen LogP) is 2.99. The van der Waals surface area contributed by atoms with Crippen molar-refractivity contribution in [3.05, 3.63) is 54.0 Å². The van der Waals surface area contributed by atoms with Gasteiger partial charge in [0.15, 0.2) is 5.82 Å². The number of hydrogen-bond donors (Lipinski definition) is 3. The second-order valence-corrected chi connectivity index (χ2v) is 6.23. The molecule has 4 aromatic rings. The lowest BCUT2D eigenvalue weighted by Crippen LogP contribution is -2.22. The third-order valence-electron chi connectivity index (χ3n) is 4.27. The van der Waals surface area contributed by atoms with Crippen LogP contribution in [-0.2, 0) is 7.05 Å². The molecule has 1 amide bonds. The van der Waals surface area contributed by atoms with Crippen molar-refractivity contribution < 1.29 is 9.18 Å². The molecule has 0 atom stereocenters. The van der Waals surface area contributed by atoms with Crippen LogP contribution in [0.4, 0.5) is 16.0 Å². The van der Waals surface area contributed by atoms with Crippen LogP contribution in [0.15, 0.2) is 42.6 Å². The summed E-state index contributed by atoms with van der Waals surface area (Å²) < 4.78 is 16.1. The molecule has 0 aliphatic carbocycles. The Bertz CT molecular complexity index is 1160. The van der Waals surface area contributed by atoms with Crippen molar-refractivity contribution in [2.75, 3.05) is 11.9 Å². The fourth-order valence-electron chi connectivity index (χ4n) is 2.86. The Hall–Kier alpha value is -3.75. The van der Waals surface area contributed by atoms with Gasteiger partial charge in [-0.3, -0.25) is 9.89 Å². The Morgan fingerprint density at radius 3 is 2.89 bits per heavy atom. The highest BCUT2D eigenvalue weighted by Gasteiger charge is 2.16. The van der Waals surface area contributed by atoms with Gasteiger partial charge in [0, 0.05) is 30.2 Å². The van der Waals surface area contributed by atoms with Gasteiger partial charge in [-0.05, 0) is 43.3 Å². The van der Waals surface area contributed by atoms with E-state index in [0.29, 0.717) is 12.5 Å². The van der Waals surface area contributed by atoms with E-state index in [1.807, 2.05) is 18.2 Å². The second-order valence-electron chi connectivity index (χ2n) is 6.23. The number of nitrogens with zero attached hydrogens (tertiary/aromatic N) is 4. The molecule has 2 aromatic carbocycles. The number of carbonyl (C=O) groups is 1. The quantitative estimate of drug-likeness (QED) is 0.495. The number of aryl methyl sites for hydroxylation is 1. The summed E-state index contributed by atoms with van der Waals surface area (Å²) in [6.07, 6.45) is 1.73. The first kappa shape index (κ1) is 17.7. The summed E-state index contributed by atoms with van der Waals surface area (Å²) in [5.41, 5.74) is 2.22. The summed E-state index contributed by atoms with van der Waals surface area (Å²) in [7, 11) is 1.72. The van der Waals surface area contributed by atoms with Crippen molar-refractivity contribution in [3.8, 4) is 11.4 Å². The van der Waals surface area contributed by atoms with Crippen molar-refractivity contribution in [2.24, 2.45) is 7.05 Å². The van der Waals surface area contributed by atoms with Gasteiger partial charge in [0.05, 0.1) is 17.3 Å². The number of anilines is 2. The van der Waals surface area contributed by atoms with E-state index in [-0.39, 0.29) is 22.9 Å². The minimum Gasteiger partial charge on any atom is -0.352 e. The molecular formula is C19H18FN7O. The first-order valence-electron chi connectivity index (χ1n) is 8.74. The molecule has 0 radical (unpaired) electrons. The van der Waals surface area contributed by atoms with Gasteiger partial charge in [0.2, 0.25) is 5.95 Å². The van der Waals surface area contributed by atoms with E-state index in [9.17, 15) is 9.18 Å². The molecule has 142 valence electrons. The van der Waals surface area contributed by atoms with Gasteiger partial charge >= 0.3 is 0 Å². The van der Waals surface area contributed by atoms with Gasteiger partial charge < -0.3 is 10.6 Å². The average molecular weight is 379 g/mol. The Morgan fingerprint density at radius 2 is 2.11 bits per heavy atom. The van der Waals surface area contributed by atoms with Crippen LogP contribution < -0.4 is 10.6 Å². The molecular weight excluding hydrogens is 361 g/mol. The number of halogens is 1. The second kappa shape index (κ2) is 7.10. The highest BCUT2D eigenvalue weighted by Crippen LogP contribution is 2.24. The first-order chi connectivity index (χ1) is 13.5. The molecule has 0 unspecified atom stereocenters. The number of carbonyl (C=O) groups excluding carboxylic acids is 1. The standard InChI is InChI=1S/C19H18FN7O/c1-3-21-18(28)11-4-6-14(15(20)9-11)17-24-19(27(2)26-17)23-13-5-7-16-12(8-13)10-22-25-16/h4-10H,3H2,1-2H3,(H,21,28)(H,22,25)(H,23,24,26). The molecule has 0 saturated carbocycles. The molecule has 8 nitrogen and oxygen atoms in total. The third-order valence-corrected chi connectivity index (χ3v) is 4.27. The minimum absolute atomic E-state index is 0.224. The van der Waals surface area contributed by atoms with E-state index >= 15 is 0 Å². The zero-order valence-electron chi connectivity index (χ0n) is 15.3. The van der Waals surface area contributed by atoms with Gasteiger partial charge in [-0.25, -0.2) is 9.07 Å². The summed E-state index contributed by atoms with van der Waals surface area (Å²) in [5, 5.41) is 17.9. The number of hydrogen-bond acceptors (Lipinski definition) is 5. The number of aromatic nitrogens is 5. The van der Waals surface area contributed by atoms with E-state index in [4.69, 9.17) is 0 Å². The molecule has 0 spiro atoms. The molecule has 2 aromatic heterocycles. The highest BCUT2D eigenvalue weighted by atomic mass is 19.1. The van der Waals surface area contributed by atoms with Gasteiger partial charge in [-0.15, -0.1) is 5.10 Å². The molecule has 2 heterocycles. The molecule has 0 aliphatic heterocycles. The van der Waals surface area contributed by atoms with Crippen molar-refractivity contribution >= 4 is 28.4 Å². The maximum Gasteiger partial charge on any atom is 0.251 e. The van der Waals surface area contributed by atoms with E-state index < -0.39 is 5.82 Å². The molecule has 0 saturated heterocycles. The maximum atomic E-state index is 14.5. The van der Waals surface area contributed by atoms with Crippen LogP contribution in [0.5, 0.6) is 0 Å². The molecule has 0 bridgehead atoms. The van der Waals surface area contributed by atoms with E-state index in [1.165, 1.54) is 16.8 Å². The fraction of sp³-hybridized carbons (Fsp3) is 0.158. The van der Waals surface area contributed by atoms with Crippen LogP contribution >= 0.6 is 0 Å². The normalized spacial score (nSPS) is 11.0. The van der Waals surface area contributed by atoms with Crippen LogP contribution in [0.3, 0.4) is 0 Å². The fourth-order valence-corrected chi connectivity index (χ4v) is 2.86. The van der Waals surface area contributed by atoms with Gasteiger partial charge in [0.25, 0.3) is 5.91 Å². The summed E-state index contributed by atoms with van der Waals surface area (Å²) >= 11 is 0. The highest BCUT2D eigenvalue weighted by molar-refractivity contribution is 5.94. The molecule has 4 rings (SSSR count). The summed E-state index contributed by atoms with van der Waals surface area (Å²) in [6, 6.07) is 9.97. The average Bonchev–Trinajstić information content (AvgIpc) is 3.28. The van der Waals surface area contributed by atoms with E-state index in [0.717, 1.165) is 16.6 Å². The summed E-state index contributed by atoms with van der Waals surface area (Å²) in [5.74, 6) is -0.181. The lowest BCUT2D eigenvalue weighted by Gasteiger charge is -2.04. The Labute approximate surface area is 159 Å². The molecule has 28 heavy (non-hydrogen) atoms. The third kappa shape index (κ3) is 3.29. The zero-order valence-corrected chi connectivity index (χ0v) is 15.3. The minimum atomic E-state index is -0.555. The number of H-pyrrole nitrogens is 1. The van der Waals surface area contributed by atoms with Crippen molar-refractivity contribution in [2.45, 2.75) is 6.92 Å². The summed E-state index contributed by atoms with van der Waals surface area (Å²) in [6.45, 7) is 2.28. The van der Waals surface area contributed by atoms with E-state index in [2.05, 4.69) is 30.9 Å². The van der Waals surface area contributed by atoms with Gasteiger partial charge in [-0.2, -0.15) is 10.1 Å². The number of fused-ring (bicyclic) bond motifs is 1.